The summed E-state index contributed by atoms with van der Waals surface area (Å²) >= 11 is 1.66. The first-order valence-electron chi connectivity index (χ1n) is 8.71. The molecule has 0 radical (unpaired) electrons. The average molecular weight is 334 g/mol. The summed E-state index contributed by atoms with van der Waals surface area (Å²) in [6.45, 7) is 0. The van der Waals surface area contributed by atoms with Crippen molar-refractivity contribution in [3.63, 3.8) is 0 Å². The van der Waals surface area contributed by atoms with Crippen LogP contribution in [0.5, 0.6) is 0 Å². The van der Waals surface area contributed by atoms with E-state index in [4.69, 9.17) is 0 Å². The van der Waals surface area contributed by atoms with Gasteiger partial charge in [-0.3, -0.25) is 9.79 Å². The predicted octanol–water partition coefficient (Wildman–Crippen LogP) is 3.55. The molecule has 0 saturated heterocycles. The average Bonchev–Trinajstić information content (AvgIpc) is 3.23. The Morgan fingerprint density at radius 3 is 2.87 bits per heavy atom. The fourth-order valence-corrected chi connectivity index (χ4v) is 4.75. The summed E-state index contributed by atoms with van der Waals surface area (Å²) in [4.78, 5) is 22.3. The Morgan fingerprint density at radius 1 is 1.26 bits per heavy atom. The third-order valence-electron chi connectivity index (χ3n) is 5.03. The zero-order valence-electron chi connectivity index (χ0n) is 13.8. The summed E-state index contributed by atoms with van der Waals surface area (Å²) in [6, 6.07) is 0.191. The molecule has 3 rings (SSSR count). The molecule has 1 heterocycles. The summed E-state index contributed by atoms with van der Waals surface area (Å²) in [7, 11) is 1.74. The third-order valence-corrected chi connectivity index (χ3v) is 6.11. The Hall–Kier alpha value is -1.43. The van der Waals surface area contributed by atoms with Gasteiger partial charge in [0.15, 0.2) is 5.13 Å². The second kappa shape index (κ2) is 7.90. The van der Waals surface area contributed by atoms with Crippen LogP contribution < -0.4 is 10.6 Å². The van der Waals surface area contributed by atoms with Crippen molar-refractivity contribution in [3.8, 4) is 0 Å². The van der Waals surface area contributed by atoms with E-state index in [2.05, 4.69) is 20.6 Å². The minimum Gasteiger partial charge on any atom is -0.373 e. The zero-order valence-corrected chi connectivity index (χ0v) is 14.6. The highest BCUT2D eigenvalue weighted by atomic mass is 32.1. The number of nitrogens with zero attached hydrogens (tertiary/aromatic N) is 2. The highest BCUT2D eigenvalue weighted by Gasteiger charge is 2.33. The first kappa shape index (κ1) is 16.4. The van der Waals surface area contributed by atoms with Crippen LogP contribution in [-0.2, 0) is 4.79 Å². The minimum absolute atomic E-state index is 0.00929. The molecule has 1 aromatic heterocycles. The third kappa shape index (κ3) is 4.10. The van der Waals surface area contributed by atoms with E-state index in [1.165, 1.54) is 37.0 Å². The van der Waals surface area contributed by atoms with E-state index in [0.717, 1.165) is 24.4 Å². The lowest BCUT2D eigenvalue weighted by Crippen LogP contribution is -2.38. The molecule has 2 aliphatic rings. The van der Waals surface area contributed by atoms with Crippen LogP contribution in [0.1, 0.15) is 62.2 Å². The molecule has 2 atom stereocenters. The quantitative estimate of drug-likeness (QED) is 0.639. The lowest BCUT2D eigenvalue weighted by Gasteiger charge is -2.19. The standard InChI is InChI=1S/C17H26N4OS/c1-18-11-20-14-9-5-8-13(14)16(22)21-17-19-10-15(23-17)12-6-3-2-4-7-12/h10-14H,2-9H2,1H3,(H,18,20)(H,19,21,22)/t13-,14+/m1/s1. The number of aliphatic imine (C=N–C) groups is 1. The number of aromatic nitrogens is 1. The van der Waals surface area contributed by atoms with Crippen molar-refractivity contribution in [2.45, 2.75) is 63.3 Å². The predicted molar refractivity (Wildman–Crippen MR) is 95.3 cm³/mol. The van der Waals surface area contributed by atoms with E-state index < -0.39 is 0 Å². The minimum atomic E-state index is 0.00929. The molecule has 1 aromatic rings. The summed E-state index contributed by atoms with van der Waals surface area (Å²) in [5, 5.41) is 7.02. The van der Waals surface area contributed by atoms with Crippen molar-refractivity contribution in [1.82, 2.24) is 10.3 Å². The van der Waals surface area contributed by atoms with Gasteiger partial charge in [0.1, 0.15) is 0 Å². The number of hydrogen-bond donors (Lipinski definition) is 2. The van der Waals surface area contributed by atoms with Crippen LogP contribution in [0.25, 0.3) is 0 Å². The fraction of sp³-hybridized carbons (Fsp3) is 0.706. The molecule has 0 unspecified atom stereocenters. The van der Waals surface area contributed by atoms with Crippen molar-refractivity contribution in [2.75, 3.05) is 12.4 Å². The number of hydrogen-bond acceptors (Lipinski definition) is 4. The first-order chi connectivity index (χ1) is 11.3. The van der Waals surface area contributed by atoms with Gasteiger partial charge in [-0.05, 0) is 31.6 Å². The number of nitrogens with one attached hydrogen (secondary N) is 2. The smallest absolute Gasteiger partial charge is 0.231 e. The topological polar surface area (TPSA) is 66.4 Å². The molecular weight excluding hydrogens is 308 g/mol. The van der Waals surface area contributed by atoms with Crippen molar-refractivity contribution in [1.29, 1.82) is 0 Å². The molecule has 6 heteroatoms. The molecule has 2 fully saturated rings. The van der Waals surface area contributed by atoms with E-state index in [1.807, 2.05) is 6.20 Å². The van der Waals surface area contributed by atoms with E-state index in [0.29, 0.717) is 5.92 Å². The Balaban J connectivity index is 1.58. The molecule has 126 valence electrons. The molecule has 0 bridgehead atoms. The number of rotatable bonds is 5. The maximum atomic E-state index is 12.5. The largest absolute Gasteiger partial charge is 0.373 e. The van der Waals surface area contributed by atoms with E-state index in [-0.39, 0.29) is 17.9 Å². The maximum Gasteiger partial charge on any atom is 0.231 e. The van der Waals surface area contributed by atoms with Gasteiger partial charge < -0.3 is 10.6 Å². The lowest BCUT2D eigenvalue weighted by atomic mass is 9.89. The summed E-state index contributed by atoms with van der Waals surface area (Å²) in [5.74, 6) is 0.748. The Morgan fingerprint density at radius 2 is 2.09 bits per heavy atom. The lowest BCUT2D eigenvalue weighted by molar-refractivity contribution is -0.120. The molecule has 0 spiro atoms. The van der Waals surface area contributed by atoms with Gasteiger partial charge in [-0.1, -0.05) is 25.7 Å². The van der Waals surface area contributed by atoms with Gasteiger partial charge in [0.2, 0.25) is 5.91 Å². The normalized spacial score (nSPS) is 25.8. The van der Waals surface area contributed by atoms with Gasteiger partial charge in [0, 0.05) is 24.2 Å². The molecular formula is C17H26N4OS. The maximum absolute atomic E-state index is 12.5. The van der Waals surface area contributed by atoms with Crippen LogP contribution in [0, 0.1) is 5.92 Å². The second-order valence-corrected chi connectivity index (χ2v) is 7.65. The van der Waals surface area contributed by atoms with Gasteiger partial charge >= 0.3 is 0 Å². The van der Waals surface area contributed by atoms with E-state index in [1.54, 1.807) is 24.7 Å². The van der Waals surface area contributed by atoms with Gasteiger partial charge in [0.05, 0.1) is 12.3 Å². The first-order valence-corrected chi connectivity index (χ1v) is 9.53. The molecule has 5 nitrogen and oxygen atoms in total. The molecule has 23 heavy (non-hydrogen) atoms. The van der Waals surface area contributed by atoms with Crippen LogP contribution in [0.2, 0.25) is 0 Å². The van der Waals surface area contributed by atoms with Crippen LogP contribution in [0.4, 0.5) is 5.13 Å². The van der Waals surface area contributed by atoms with Crippen molar-refractivity contribution in [2.24, 2.45) is 10.9 Å². The highest BCUT2D eigenvalue weighted by molar-refractivity contribution is 7.15. The Bertz CT molecular complexity index is 551. The molecule has 2 aliphatic carbocycles. The molecule has 1 amide bonds. The van der Waals surface area contributed by atoms with Gasteiger partial charge in [0.25, 0.3) is 0 Å². The van der Waals surface area contributed by atoms with Crippen molar-refractivity contribution >= 4 is 28.7 Å². The Labute approximate surface area is 142 Å². The number of carbonyl (C=O) groups excluding carboxylic acids is 1. The van der Waals surface area contributed by atoms with E-state index in [9.17, 15) is 4.79 Å². The molecule has 0 aromatic carbocycles. The summed E-state index contributed by atoms with van der Waals surface area (Å²) in [6.07, 6.45) is 13.2. The highest BCUT2D eigenvalue weighted by Crippen LogP contribution is 2.37. The molecule has 2 N–H and O–H groups in total. The van der Waals surface area contributed by atoms with Gasteiger partial charge in [-0.25, -0.2) is 4.98 Å². The van der Waals surface area contributed by atoms with Crippen LogP contribution >= 0.6 is 11.3 Å². The van der Waals surface area contributed by atoms with Crippen molar-refractivity contribution in [3.05, 3.63) is 11.1 Å². The number of thiazole rings is 1. The van der Waals surface area contributed by atoms with Crippen LogP contribution in [-0.4, -0.2) is 30.3 Å². The zero-order chi connectivity index (χ0) is 16.1. The van der Waals surface area contributed by atoms with E-state index >= 15 is 0 Å². The van der Waals surface area contributed by atoms with Gasteiger partial charge in [-0.2, -0.15) is 0 Å². The van der Waals surface area contributed by atoms with Crippen LogP contribution in [0.15, 0.2) is 11.2 Å². The number of carbonyl (C=O) groups is 1. The van der Waals surface area contributed by atoms with Crippen LogP contribution in [0.3, 0.4) is 0 Å². The summed E-state index contributed by atoms with van der Waals surface area (Å²) in [5.41, 5.74) is 0. The monoisotopic (exact) mass is 334 g/mol. The summed E-state index contributed by atoms with van der Waals surface area (Å²) < 4.78 is 0. The number of anilines is 1. The SMILES string of the molecule is CN=CN[C@H]1CCC[C@H]1C(=O)Nc1ncc(C2CCCCC2)s1. The fourth-order valence-electron chi connectivity index (χ4n) is 3.76. The second-order valence-electron chi connectivity index (χ2n) is 6.59. The molecule has 2 saturated carbocycles. The Kier molecular flexibility index (Phi) is 5.65. The van der Waals surface area contributed by atoms with Crippen molar-refractivity contribution < 1.29 is 4.79 Å². The number of amides is 1. The molecule has 0 aliphatic heterocycles. The van der Waals surface area contributed by atoms with Gasteiger partial charge in [-0.15, -0.1) is 11.3 Å².